The number of hydrogen-bond donors (Lipinski definition) is 0. The van der Waals surface area contributed by atoms with Crippen LogP contribution < -0.4 is 0 Å². The number of hydrogen-bond acceptors (Lipinski definition) is 3. The Hall–Kier alpha value is -2.07. The van der Waals surface area contributed by atoms with E-state index in [0.29, 0.717) is 5.76 Å². The Kier molecular flexibility index (Phi) is 4.15. The van der Waals surface area contributed by atoms with E-state index >= 15 is 0 Å². The molecule has 126 valence electrons. The third kappa shape index (κ3) is 3.11. The van der Waals surface area contributed by atoms with Gasteiger partial charge < -0.3 is 9.32 Å². The third-order valence-electron chi connectivity index (χ3n) is 5.45. The largest absolute Gasteiger partial charge is 0.459 e. The maximum absolute atomic E-state index is 12.6. The highest BCUT2D eigenvalue weighted by molar-refractivity contribution is 5.91. The number of carbonyl (C=O) groups is 1. The summed E-state index contributed by atoms with van der Waals surface area (Å²) >= 11 is 0. The molecule has 1 atom stereocenters. The molecule has 2 aliphatic heterocycles. The Morgan fingerprint density at radius 1 is 1.04 bits per heavy atom. The normalized spacial score (nSPS) is 24.6. The van der Waals surface area contributed by atoms with Crippen molar-refractivity contribution in [3.05, 3.63) is 60.1 Å². The first-order valence-corrected chi connectivity index (χ1v) is 8.83. The van der Waals surface area contributed by atoms with Crippen LogP contribution in [0.5, 0.6) is 0 Å². The van der Waals surface area contributed by atoms with E-state index in [2.05, 4.69) is 35.2 Å². The molecule has 2 fully saturated rings. The summed E-state index contributed by atoms with van der Waals surface area (Å²) < 4.78 is 5.30. The van der Waals surface area contributed by atoms with E-state index in [-0.39, 0.29) is 11.3 Å². The second-order valence-corrected chi connectivity index (χ2v) is 7.25. The zero-order valence-electron chi connectivity index (χ0n) is 14.0. The van der Waals surface area contributed by atoms with E-state index in [4.69, 9.17) is 4.42 Å². The van der Waals surface area contributed by atoms with Crippen LogP contribution in [0.15, 0.2) is 53.1 Å². The van der Waals surface area contributed by atoms with Gasteiger partial charge in [-0.05, 0) is 43.5 Å². The molecule has 0 aliphatic carbocycles. The second kappa shape index (κ2) is 6.44. The van der Waals surface area contributed by atoms with Crippen LogP contribution in [0, 0.1) is 5.41 Å². The highest BCUT2D eigenvalue weighted by Crippen LogP contribution is 2.39. The van der Waals surface area contributed by atoms with Gasteiger partial charge in [0.15, 0.2) is 5.76 Å². The third-order valence-corrected chi connectivity index (χ3v) is 5.45. The Labute approximate surface area is 143 Å². The van der Waals surface area contributed by atoms with Crippen molar-refractivity contribution in [3.8, 4) is 0 Å². The van der Waals surface area contributed by atoms with Crippen LogP contribution in [0.2, 0.25) is 0 Å². The topological polar surface area (TPSA) is 36.7 Å². The minimum absolute atomic E-state index is 0.0422. The zero-order valence-corrected chi connectivity index (χ0v) is 14.0. The fourth-order valence-electron chi connectivity index (χ4n) is 4.27. The Balaban J connectivity index is 1.41. The van der Waals surface area contributed by atoms with Gasteiger partial charge in [-0.15, -0.1) is 0 Å². The minimum atomic E-state index is 0.0422. The molecule has 2 aliphatic rings. The zero-order chi connectivity index (χ0) is 16.4. The second-order valence-electron chi connectivity index (χ2n) is 7.25. The molecule has 2 aromatic rings. The van der Waals surface area contributed by atoms with E-state index in [1.807, 2.05) is 4.90 Å². The predicted molar refractivity (Wildman–Crippen MR) is 92.6 cm³/mol. The maximum Gasteiger partial charge on any atom is 0.289 e. The smallest absolute Gasteiger partial charge is 0.289 e. The molecule has 24 heavy (non-hydrogen) atoms. The summed E-state index contributed by atoms with van der Waals surface area (Å²) in [6, 6.07) is 14.2. The highest BCUT2D eigenvalue weighted by atomic mass is 16.3. The van der Waals surface area contributed by atoms with Gasteiger partial charge >= 0.3 is 0 Å². The molecular weight excluding hydrogens is 300 g/mol. The molecule has 0 radical (unpaired) electrons. The lowest BCUT2D eigenvalue weighted by Gasteiger charge is -2.40. The minimum Gasteiger partial charge on any atom is -0.459 e. The van der Waals surface area contributed by atoms with Crippen LogP contribution in [-0.4, -0.2) is 41.9 Å². The van der Waals surface area contributed by atoms with Crippen molar-refractivity contribution in [2.24, 2.45) is 5.41 Å². The molecule has 0 bridgehead atoms. The number of piperidine rings is 1. The Bertz CT molecular complexity index is 683. The van der Waals surface area contributed by atoms with Crippen molar-refractivity contribution < 1.29 is 9.21 Å². The lowest BCUT2D eigenvalue weighted by Crippen LogP contribution is -2.47. The number of likely N-dealkylation sites (tertiary alicyclic amines) is 2. The van der Waals surface area contributed by atoms with Gasteiger partial charge in [-0.3, -0.25) is 9.69 Å². The van der Waals surface area contributed by atoms with Gasteiger partial charge in [-0.1, -0.05) is 30.3 Å². The van der Waals surface area contributed by atoms with Crippen molar-refractivity contribution in [2.45, 2.75) is 25.8 Å². The quantitative estimate of drug-likeness (QED) is 0.868. The molecule has 4 nitrogen and oxygen atoms in total. The van der Waals surface area contributed by atoms with Crippen molar-refractivity contribution >= 4 is 5.91 Å². The molecule has 0 unspecified atom stereocenters. The average molecular weight is 324 g/mol. The van der Waals surface area contributed by atoms with Gasteiger partial charge in [0, 0.05) is 31.6 Å². The fraction of sp³-hybridized carbons (Fsp3) is 0.450. The SMILES string of the molecule is O=C(c1ccco1)N1CCC[C@@]2(CCN(Cc3ccccc3)C2)C1. The monoisotopic (exact) mass is 324 g/mol. The summed E-state index contributed by atoms with van der Waals surface area (Å²) in [5.41, 5.74) is 1.63. The Morgan fingerprint density at radius 2 is 1.92 bits per heavy atom. The summed E-state index contributed by atoms with van der Waals surface area (Å²) in [7, 11) is 0. The number of carbonyl (C=O) groups excluding carboxylic acids is 1. The maximum atomic E-state index is 12.6. The predicted octanol–water partition coefficient (Wildman–Crippen LogP) is 3.41. The Morgan fingerprint density at radius 3 is 2.71 bits per heavy atom. The van der Waals surface area contributed by atoms with Crippen molar-refractivity contribution in [2.75, 3.05) is 26.2 Å². The summed E-state index contributed by atoms with van der Waals surface area (Å²) in [6.45, 7) is 4.92. The molecule has 2 saturated heterocycles. The fourth-order valence-corrected chi connectivity index (χ4v) is 4.27. The molecule has 1 spiro atoms. The van der Waals surface area contributed by atoms with E-state index in [1.165, 1.54) is 18.4 Å². The number of nitrogens with zero attached hydrogens (tertiary/aromatic N) is 2. The van der Waals surface area contributed by atoms with Crippen LogP contribution in [0.25, 0.3) is 0 Å². The lowest BCUT2D eigenvalue weighted by atomic mass is 9.79. The molecular formula is C20H24N2O2. The molecule has 1 aromatic carbocycles. The number of furan rings is 1. The van der Waals surface area contributed by atoms with Crippen molar-refractivity contribution in [1.29, 1.82) is 0 Å². The molecule has 0 saturated carbocycles. The summed E-state index contributed by atoms with van der Waals surface area (Å²) in [5, 5.41) is 0. The van der Waals surface area contributed by atoms with E-state index in [0.717, 1.165) is 39.1 Å². The van der Waals surface area contributed by atoms with E-state index in [1.54, 1.807) is 18.4 Å². The molecule has 4 heteroatoms. The molecule has 1 aromatic heterocycles. The van der Waals surface area contributed by atoms with Crippen LogP contribution in [0.4, 0.5) is 0 Å². The van der Waals surface area contributed by atoms with Crippen LogP contribution in [-0.2, 0) is 6.54 Å². The number of benzene rings is 1. The first kappa shape index (κ1) is 15.5. The molecule has 4 rings (SSSR count). The molecule has 1 amide bonds. The van der Waals surface area contributed by atoms with Gasteiger partial charge in [0.2, 0.25) is 0 Å². The highest BCUT2D eigenvalue weighted by Gasteiger charge is 2.42. The van der Waals surface area contributed by atoms with E-state index < -0.39 is 0 Å². The van der Waals surface area contributed by atoms with Crippen LogP contribution in [0.1, 0.15) is 35.4 Å². The van der Waals surface area contributed by atoms with Crippen molar-refractivity contribution in [3.63, 3.8) is 0 Å². The van der Waals surface area contributed by atoms with Crippen LogP contribution >= 0.6 is 0 Å². The average Bonchev–Trinajstić information content (AvgIpc) is 3.26. The summed E-state index contributed by atoms with van der Waals surface area (Å²) in [6.07, 6.45) is 5.07. The molecule has 3 heterocycles. The van der Waals surface area contributed by atoms with Gasteiger partial charge in [0.25, 0.3) is 5.91 Å². The van der Waals surface area contributed by atoms with Gasteiger partial charge in [0.1, 0.15) is 0 Å². The number of amides is 1. The first-order valence-electron chi connectivity index (χ1n) is 8.83. The standard InChI is InChI=1S/C20H24N2O2/c23-19(18-8-4-13-24-18)22-11-5-9-20(16-22)10-12-21(15-20)14-17-6-2-1-3-7-17/h1-4,6-8,13H,5,9-12,14-16H2/t20-/m0/s1. The summed E-state index contributed by atoms with van der Waals surface area (Å²) in [4.78, 5) is 17.1. The van der Waals surface area contributed by atoms with E-state index in [9.17, 15) is 4.79 Å². The summed E-state index contributed by atoms with van der Waals surface area (Å²) in [5.74, 6) is 0.506. The van der Waals surface area contributed by atoms with Gasteiger partial charge in [-0.2, -0.15) is 0 Å². The number of rotatable bonds is 3. The van der Waals surface area contributed by atoms with Gasteiger partial charge in [-0.25, -0.2) is 0 Å². The molecule has 0 N–H and O–H groups in total. The first-order chi connectivity index (χ1) is 11.7. The van der Waals surface area contributed by atoms with Crippen LogP contribution in [0.3, 0.4) is 0 Å². The van der Waals surface area contributed by atoms with Crippen molar-refractivity contribution in [1.82, 2.24) is 9.80 Å². The van der Waals surface area contributed by atoms with Gasteiger partial charge in [0.05, 0.1) is 6.26 Å². The lowest BCUT2D eigenvalue weighted by molar-refractivity contribution is 0.0498.